The second-order valence-corrected chi connectivity index (χ2v) is 8.95. The second kappa shape index (κ2) is 10.3. The lowest BCUT2D eigenvalue weighted by Gasteiger charge is -2.19. The molecular weight excluding hydrogens is 400 g/mol. The van der Waals surface area contributed by atoms with E-state index in [-0.39, 0.29) is 11.3 Å². The van der Waals surface area contributed by atoms with E-state index in [1.165, 1.54) is 5.56 Å². The molecule has 6 nitrogen and oxygen atoms in total. The summed E-state index contributed by atoms with van der Waals surface area (Å²) in [6.07, 6.45) is 1.03. The molecule has 3 aromatic rings. The highest BCUT2D eigenvalue weighted by atomic mass is 16.5. The maximum atomic E-state index is 12.3. The van der Waals surface area contributed by atoms with Crippen LogP contribution in [0.15, 0.2) is 54.6 Å². The number of nitrogens with zero attached hydrogens (tertiary/aromatic N) is 2. The van der Waals surface area contributed by atoms with Crippen LogP contribution in [0.25, 0.3) is 0 Å². The fourth-order valence-corrected chi connectivity index (χ4v) is 3.28. The summed E-state index contributed by atoms with van der Waals surface area (Å²) >= 11 is 0. The van der Waals surface area contributed by atoms with Gasteiger partial charge in [0.2, 0.25) is 11.9 Å². The number of amides is 1. The molecule has 1 aromatic heterocycles. The Kier molecular flexibility index (Phi) is 7.46. The lowest BCUT2D eigenvalue weighted by atomic mass is 9.87. The van der Waals surface area contributed by atoms with Gasteiger partial charge in [0, 0.05) is 29.2 Å². The number of rotatable bonds is 8. The number of aryl methyl sites for hydroxylation is 2. The predicted molar refractivity (Wildman–Crippen MR) is 130 cm³/mol. The van der Waals surface area contributed by atoms with Gasteiger partial charge in [-0.05, 0) is 67.6 Å². The second-order valence-electron chi connectivity index (χ2n) is 8.95. The molecule has 2 N–H and O–H groups in total. The molecule has 0 unspecified atom stereocenters. The number of hydrogen-bond donors (Lipinski definition) is 2. The van der Waals surface area contributed by atoms with Crippen molar-refractivity contribution in [2.45, 2.75) is 52.9 Å². The number of benzene rings is 2. The molecule has 3 rings (SSSR count). The Morgan fingerprint density at radius 2 is 1.59 bits per heavy atom. The minimum absolute atomic E-state index is 0.0449. The van der Waals surface area contributed by atoms with Crippen LogP contribution in [-0.4, -0.2) is 22.5 Å². The fourth-order valence-electron chi connectivity index (χ4n) is 3.28. The average molecular weight is 433 g/mol. The van der Waals surface area contributed by atoms with Crippen molar-refractivity contribution >= 4 is 23.2 Å². The first-order chi connectivity index (χ1) is 15.2. The van der Waals surface area contributed by atoms with E-state index < -0.39 is 0 Å². The van der Waals surface area contributed by atoms with Crippen molar-refractivity contribution in [2.75, 3.05) is 17.2 Å². The van der Waals surface area contributed by atoms with Crippen molar-refractivity contribution in [3.05, 3.63) is 71.5 Å². The summed E-state index contributed by atoms with van der Waals surface area (Å²) in [6.45, 7) is 10.9. The van der Waals surface area contributed by atoms with Gasteiger partial charge in [-0.15, -0.1) is 0 Å². The molecule has 0 atom stereocenters. The first kappa shape index (κ1) is 23.3. The van der Waals surface area contributed by atoms with Gasteiger partial charge in [0.1, 0.15) is 5.75 Å². The van der Waals surface area contributed by atoms with E-state index in [4.69, 9.17) is 4.74 Å². The third-order valence-electron chi connectivity index (χ3n) is 4.92. The average Bonchev–Trinajstić information content (AvgIpc) is 2.70. The van der Waals surface area contributed by atoms with Gasteiger partial charge >= 0.3 is 0 Å². The molecule has 1 amide bonds. The summed E-state index contributed by atoms with van der Waals surface area (Å²) in [5.41, 5.74) is 4.73. The number of ether oxygens (including phenoxy) is 1. The molecule has 0 spiro atoms. The highest BCUT2D eigenvalue weighted by molar-refractivity contribution is 5.91. The van der Waals surface area contributed by atoms with E-state index in [0.29, 0.717) is 25.4 Å². The zero-order valence-corrected chi connectivity index (χ0v) is 19.5. The highest BCUT2D eigenvalue weighted by Crippen LogP contribution is 2.24. The summed E-state index contributed by atoms with van der Waals surface area (Å²) in [5, 5.41) is 6.13. The summed E-state index contributed by atoms with van der Waals surface area (Å²) in [4.78, 5) is 21.1. The van der Waals surface area contributed by atoms with Crippen molar-refractivity contribution in [2.24, 2.45) is 0 Å². The quantitative estimate of drug-likeness (QED) is 0.431. The summed E-state index contributed by atoms with van der Waals surface area (Å²) in [7, 11) is 0. The van der Waals surface area contributed by atoms with Crippen molar-refractivity contribution in [1.82, 2.24) is 9.97 Å². The van der Waals surface area contributed by atoms with E-state index >= 15 is 0 Å². The van der Waals surface area contributed by atoms with Gasteiger partial charge in [0.05, 0.1) is 6.61 Å². The predicted octanol–water partition coefficient (Wildman–Crippen LogP) is 5.93. The minimum atomic E-state index is -0.0449. The number of anilines is 3. The van der Waals surface area contributed by atoms with Crippen LogP contribution in [0.4, 0.5) is 17.3 Å². The van der Waals surface area contributed by atoms with E-state index in [0.717, 1.165) is 28.5 Å². The van der Waals surface area contributed by atoms with Crippen molar-refractivity contribution in [3.8, 4) is 5.75 Å². The Balaban J connectivity index is 1.45. The van der Waals surface area contributed by atoms with Crippen LogP contribution in [-0.2, 0) is 10.2 Å². The van der Waals surface area contributed by atoms with Crippen LogP contribution in [0.2, 0.25) is 0 Å². The van der Waals surface area contributed by atoms with E-state index in [9.17, 15) is 4.79 Å². The lowest BCUT2D eigenvalue weighted by molar-refractivity contribution is -0.116. The van der Waals surface area contributed by atoms with Gasteiger partial charge in [0.25, 0.3) is 0 Å². The van der Waals surface area contributed by atoms with E-state index in [1.54, 1.807) is 0 Å². The van der Waals surface area contributed by atoms with E-state index in [2.05, 4.69) is 53.5 Å². The molecule has 6 heteroatoms. The standard InChI is InChI=1S/C26H32N4O2/c1-18-16-19(2)28-25(27-18)30-22-9-6-8-21(17-22)29-24(31)10-7-15-32-23-13-11-20(12-14-23)26(3,4)5/h6,8-9,11-14,16-17H,7,10,15H2,1-5H3,(H,29,31)(H,27,28,30). The molecule has 1 heterocycles. The molecule has 0 fully saturated rings. The highest BCUT2D eigenvalue weighted by Gasteiger charge is 2.13. The Morgan fingerprint density at radius 3 is 2.25 bits per heavy atom. The Labute approximate surface area is 190 Å². The number of hydrogen-bond acceptors (Lipinski definition) is 5. The molecule has 0 aliphatic carbocycles. The third kappa shape index (κ3) is 7.08. The molecule has 0 saturated heterocycles. The number of nitrogens with one attached hydrogen (secondary N) is 2. The zero-order valence-electron chi connectivity index (χ0n) is 19.5. The molecule has 0 bridgehead atoms. The van der Waals surface area contributed by atoms with Gasteiger partial charge in [0.15, 0.2) is 0 Å². The van der Waals surface area contributed by atoms with Gasteiger partial charge in [-0.2, -0.15) is 0 Å². The van der Waals surface area contributed by atoms with Gasteiger partial charge in [-0.1, -0.05) is 39.0 Å². The van der Waals surface area contributed by atoms with Crippen molar-refractivity contribution < 1.29 is 9.53 Å². The largest absolute Gasteiger partial charge is 0.494 e. The van der Waals surface area contributed by atoms with Crippen LogP contribution in [0.3, 0.4) is 0 Å². The molecule has 0 radical (unpaired) electrons. The molecular formula is C26H32N4O2. The van der Waals surface area contributed by atoms with E-state index in [1.807, 2.05) is 56.3 Å². The van der Waals surface area contributed by atoms with Crippen molar-refractivity contribution in [3.63, 3.8) is 0 Å². The maximum Gasteiger partial charge on any atom is 0.227 e. The molecule has 2 aromatic carbocycles. The third-order valence-corrected chi connectivity index (χ3v) is 4.92. The molecule has 0 aliphatic heterocycles. The smallest absolute Gasteiger partial charge is 0.227 e. The van der Waals surface area contributed by atoms with Crippen LogP contribution < -0.4 is 15.4 Å². The van der Waals surface area contributed by atoms with Crippen LogP contribution in [0.5, 0.6) is 5.75 Å². The van der Waals surface area contributed by atoms with Crippen molar-refractivity contribution in [1.29, 1.82) is 0 Å². The molecule has 0 saturated carbocycles. The lowest BCUT2D eigenvalue weighted by Crippen LogP contribution is -2.13. The molecule has 168 valence electrons. The van der Waals surface area contributed by atoms with Gasteiger partial charge in [-0.25, -0.2) is 9.97 Å². The van der Waals surface area contributed by atoms with Gasteiger partial charge in [-0.3, -0.25) is 4.79 Å². The first-order valence-electron chi connectivity index (χ1n) is 10.9. The molecule has 0 aliphatic rings. The summed E-state index contributed by atoms with van der Waals surface area (Å²) < 4.78 is 5.78. The Hall–Kier alpha value is -3.41. The maximum absolute atomic E-state index is 12.3. The monoisotopic (exact) mass is 432 g/mol. The topological polar surface area (TPSA) is 76.1 Å². The first-order valence-corrected chi connectivity index (χ1v) is 10.9. The normalized spacial score (nSPS) is 11.2. The minimum Gasteiger partial charge on any atom is -0.494 e. The number of aromatic nitrogens is 2. The van der Waals surface area contributed by atoms with Crippen LogP contribution in [0.1, 0.15) is 50.6 Å². The van der Waals surface area contributed by atoms with Crippen LogP contribution >= 0.6 is 0 Å². The summed E-state index contributed by atoms with van der Waals surface area (Å²) in [5.74, 6) is 1.32. The Bertz CT molecular complexity index is 1040. The Morgan fingerprint density at radius 1 is 0.938 bits per heavy atom. The fraction of sp³-hybridized carbons (Fsp3) is 0.346. The zero-order chi connectivity index (χ0) is 23.1. The van der Waals surface area contributed by atoms with Gasteiger partial charge < -0.3 is 15.4 Å². The number of carbonyl (C=O) groups excluding carboxylic acids is 1. The number of carbonyl (C=O) groups is 1. The molecule has 32 heavy (non-hydrogen) atoms. The summed E-state index contributed by atoms with van der Waals surface area (Å²) in [6, 6.07) is 17.6. The van der Waals surface area contributed by atoms with Crippen LogP contribution in [0, 0.1) is 13.8 Å². The SMILES string of the molecule is Cc1cc(C)nc(Nc2cccc(NC(=O)CCCOc3ccc(C(C)(C)C)cc3)c2)n1.